The first-order chi connectivity index (χ1) is 16.0. The summed E-state index contributed by atoms with van der Waals surface area (Å²) in [6, 6.07) is 10.0. The standard InChI is InChI=1S/C24H24F2N2O5/c1-3-31-18-7-5-4-6-16(18)22(29)27-12-15-13-32-23(28-15)17-10-11-19(33-24(25)26)20(14-8-9-14)21(17)30-2/h4-7,10-11,13-14,24H,3,8-9,12H2,1-2H3,(H,27,29). The Morgan fingerprint density at radius 1 is 1.21 bits per heavy atom. The van der Waals surface area contributed by atoms with Gasteiger partial charge >= 0.3 is 6.61 Å². The van der Waals surface area contributed by atoms with Crippen LogP contribution in [0, 0.1) is 0 Å². The molecule has 1 amide bonds. The average molecular weight is 458 g/mol. The second kappa shape index (κ2) is 9.89. The molecule has 9 heteroatoms. The molecule has 1 fully saturated rings. The summed E-state index contributed by atoms with van der Waals surface area (Å²) in [7, 11) is 1.47. The molecule has 1 heterocycles. The summed E-state index contributed by atoms with van der Waals surface area (Å²) >= 11 is 0. The van der Waals surface area contributed by atoms with Gasteiger partial charge in [-0.1, -0.05) is 12.1 Å². The van der Waals surface area contributed by atoms with E-state index in [0.717, 1.165) is 12.8 Å². The van der Waals surface area contributed by atoms with Gasteiger partial charge in [0.1, 0.15) is 23.5 Å². The fraction of sp³-hybridized carbons (Fsp3) is 0.333. The molecule has 1 N–H and O–H groups in total. The molecule has 1 aromatic heterocycles. The summed E-state index contributed by atoms with van der Waals surface area (Å²) in [6.07, 6.45) is 3.17. The first kappa shape index (κ1) is 22.6. The van der Waals surface area contributed by atoms with E-state index in [4.69, 9.17) is 18.6 Å². The van der Waals surface area contributed by atoms with E-state index in [1.807, 2.05) is 6.92 Å². The summed E-state index contributed by atoms with van der Waals surface area (Å²) in [5.41, 5.74) is 2.04. The molecule has 0 unspecified atom stereocenters. The van der Waals surface area contributed by atoms with Crippen molar-refractivity contribution in [3.05, 3.63) is 59.5 Å². The molecule has 0 spiro atoms. The Kier molecular flexibility index (Phi) is 6.76. The van der Waals surface area contributed by atoms with Crippen LogP contribution in [0.1, 0.15) is 47.3 Å². The number of amides is 1. The zero-order chi connectivity index (χ0) is 23.4. The minimum absolute atomic E-state index is 0.0905. The highest BCUT2D eigenvalue weighted by molar-refractivity contribution is 5.96. The van der Waals surface area contributed by atoms with Gasteiger partial charge in [0, 0.05) is 5.56 Å². The van der Waals surface area contributed by atoms with Crippen molar-refractivity contribution in [3.63, 3.8) is 0 Å². The lowest BCUT2D eigenvalue weighted by Gasteiger charge is -2.16. The predicted molar refractivity (Wildman–Crippen MR) is 116 cm³/mol. The Labute approximate surface area is 189 Å². The van der Waals surface area contributed by atoms with Gasteiger partial charge in [0.25, 0.3) is 5.91 Å². The molecule has 33 heavy (non-hydrogen) atoms. The molecule has 0 atom stereocenters. The number of carbonyl (C=O) groups is 1. The summed E-state index contributed by atoms with van der Waals surface area (Å²) in [5.74, 6) is 1.05. The van der Waals surface area contributed by atoms with Crippen molar-refractivity contribution in [2.45, 2.75) is 38.8 Å². The molecule has 0 saturated heterocycles. The number of benzene rings is 2. The number of nitrogens with zero attached hydrogens (tertiary/aromatic N) is 1. The summed E-state index contributed by atoms with van der Waals surface area (Å²) in [5, 5.41) is 2.80. The Hall–Kier alpha value is -3.62. The summed E-state index contributed by atoms with van der Waals surface area (Å²) in [4.78, 5) is 17.0. The van der Waals surface area contributed by atoms with Crippen molar-refractivity contribution in [2.24, 2.45) is 0 Å². The summed E-state index contributed by atoms with van der Waals surface area (Å²) in [6.45, 7) is -0.501. The molecule has 1 aliphatic rings. The fourth-order valence-corrected chi connectivity index (χ4v) is 3.64. The lowest BCUT2D eigenvalue weighted by Crippen LogP contribution is -2.23. The summed E-state index contributed by atoms with van der Waals surface area (Å²) < 4.78 is 47.1. The van der Waals surface area contributed by atoms with Gasteiger partial charge in [-0.15, -0.1) is 0 Å². The van der Waals surface area contributed by atoms with E-state index in [9.17, 15) is 13.6 Å². The number of rotatable bonds is 10. The highest BCUT2D eigenvalue weighted by Gasteiger charge is 2.33. The van der Waals surface area contributed by atoms with Crippen LogP contribution in [0.2, 0.25) is 0 Å². The van der Waals surface area contributed by atoms with Crippen LogP contribution in [-0.2, 0) is 6.54 Å². The van der Waals surface area contributed by atoms with E-state index < -0.39 is 6.61 Å². The largest absolute Gasteiger partial charge is 0.495 e. The smallest absolute Gasteiger partial charge is 0.387 e. The van der Waals surface area contributed by atoms with Gasteiger partial charge in [-0.05, 0) is 49.9 Å². The van der Waals surface area contributed by atoms with Crippen molar-refractivity contribution in [3.8, 4) is 28.7 Å². The highest BCUT2D eigenvalue weighted by Crippen LogP contribution is 2.51. The van der Waals surface area contributed by atoms with E-state index >= 15 is 0 Å². The normalized spacial score (nSPS) is 13.1. The van der Waals surface area contributed by atoms with E-state index in [-0.39, 0.29) is 30.0 Å². The van der Waals surface area contributed by atoms with E-state index in [1.165, 1.54) is 19.4 Å². The lowest BCUT2D eigenvalue weighted by atomic mass is 10.0. The zero-order valence-electron chi connectivity index (χ0n) is 18.3. The van der Waals surface area contributed by atoms with Crippen LogP contribution in [0.3, 0.4) is 0 Å². The Bertz CT molecular complexity index is 1130. The third-order valence-electron chi connectivity index (χ3n) is 5.21. The molecular formula is C24H24F2N2O5. The topological polar surface area (TPSA) is 82.8 Å². The SMILES string of the molecule is CCOc1ccccc1C(=O)NCc1coc(-c2ccc(OC(F)F)c(C3CC3)c2OC)n1. The zero-order valence-corrected chi connectivity index (χ0v) is 18.3. The maximum absolute atomic E-state index is 12.9. The molecular weight excluding hydrogens is 434 g/mol. The number of aromatic nitrogens is 1. The van der Waals surface area contributed by atoms with Gasteiger partial charge in [0.05, 0.1) is 37.1 Å². The van der Waals surface area contributed by atoms with Crippen molar-refractivity contribution >= 4 is 5.91 Å². The van der Waals surface area contributed by atoms with Crippen LogP contribution in [0.25, 0.3) is 11.5 Å². The van der Waals surface area contributed by atoms with Crippen LogP contribution < -0.4 is 19.5 Å². The van der Waals surface area contributed by atoms with E-state index in [2.05, 4.69) is 10.3 Å². The van der Waals surface area contributed by atoms with Gasteiger partial charge in [-0.3, -0.25) is 4.79 Å². The monoisotopic (exact) mass is 458 g/mol. The molecule has 1 aliphatic carbocycles. The fourth-order valence-electron chi connectivity index (χ4n) is 3.64. The number of ether oxygens (including phenoxy) is 3. The number of oxazole rings is 1. The molecule has 3 aromatic rings. The van der Waals surface area contributed by atoms with Crippen molar-refractivity contribution in [1.29, 1.82) is 0 Å². The van der Waals surface area contributed by atoms with Gasteiger partial charge in [0.15, 0.2) is 0 Å². The van der Waals surface area contributed by atoms with Gasteiger partial charge in [0.2, 0.25) is 5.89 Å². The van der Waals surface area contributed by atoms with E-state index in [1.54, 1.807) is 30.3 Å². The molecule has 0 aliphatic heterocycles. The Morgan fingerprint density at radius 3 is 2.70 bits per heavy atom. The van der Waals surface area contributed by atoms with Crippen LogP contribution in [-0.4, -0.2) is 31.2 Å². The number of carbonyl (C=O) groups excluding carboxylic acids is 1. The Balaban J connectivity index is 1.53. The van der Waals surface area contributed by atoms with Crippen LogP contribution in [0.5, 0.6) is 17.2 Å². The van der Waals surface area contributed by atoms with Crippen molar-refractivity contribution in [1.82, 2.24) is 10.3 Å². The third-order valence-corrected chi connectivity index (χ3v) is 5.21. The number of hydrogen-bond acceptors (Lipinski definition) is 6. The maximum atomic E-state index is 12.9. The average Bonchev–Trinajstić information content (AvgIpc) is 3.54. The highest BCUT2D eigenvalue weighted by atomic mass is 19.3. The third kappa shape index (κ3) is 5.08. The second-order valence-corrected chi connectivity index (χ2v) is 7.47. The number of para-hydroxylation sites is 1. The van der Waals surface area contributed by atoms with Gasteiger partial charge < -0.3 is 23.9 Å². The quantitative estimate of drug-likeness (QED) is 0.452. The minimum atomic E-state index is -2.93. The number of alkyl halides is 2. The van der Waals surface area contributed by atoms with Crippen LogP contribution in [0.4, 0.5) is 8.78 Å². The first-order valence-electron chi connectivity index (χ1n) is 10.6. The van der Waals surface area contributed by atoms with E-state index in [0.29, 0.717) is 40.5 Å². The predicted octanol–water partition coefficient (Wildman–Crippen LogP) is 5.16. The number of hydrogen-bond donors (Lipinski definition) is 1. The minimum Gasteiger partial charge on any atom is -0.495 e. The van der Waals surface area contributed by atoms with Gasteiger partial charge in [-0.2, -0.15) is 8.78 Å². The molecule has 0 radical (unpaired) electrons. The maximum Gasteiger partial charge on any atom is 0.387 e. The number of halogens is 2. The number of nitrogens with one attached hydrogen (secondary N) is 1. The van der Waals surface area contributed by atoms with Gasteiger partial charge in [-0.25, -0.2) is 4.98 Å². The number of methoxy groups -OCH3 is 1. The molecule has 0 bridgehead atoms. The Morgan fingerprint density at radius 2 is 2.00 bits per heavy atom. The van der Waals surface area contributed by atoms with Crippen molar-refractivity contribution in [2.75, 3.05) is 13.7 Å². The van der Waals surface area contributed by atoms with Crippen LogP contribution in [0.15, 0.2) is 47.1 Å². The molecule has 2 aromatic carbocycles. The molecule has 1 saturated carbocycles. The van der Waals surface area contributed by atoms with Crippen LogP contribution >= 0.6 is 0 Å². The molecule has 7 nitrogen and oxygen atoms in total. The first-order valence-corrected chi connectivity index (χ1v) is 10.6. The molecule has 174 valence electrons. The van der Waals surface area contributed by atoms with Crippen molar-refractivity contribution < 1.29 is 32.2 Å². The lowest BCUT2D eigenvalue weighted by molar-refractivity contribution is -0.0505. The molecule has 4 rings (SSSR count). The second-order valence-electron chi connectivity index (χ2n) is 7.47.